The molecule has 0 saturated carbocycles. The van der Waals surface area contributed by atoms with Gasteiger partial charge in [0, 0.05) is 11.6 Å². The fourth-order valence-corrected chi connectivity index (χ4v) is 2.01. The summed E-state index contributed by atoms with van der Waals surface area (Å²) in [6, 6.07) is 5.80. The maximum Gasteiger partial charge on any atom is 0.255 e. The summed E-state index contributed by atoms with van der Waals surface area (Å²) in [6.45, 7) is 4.73. The van der Waals surface area contributed by atoms with Crippen LogP contribution in [0.1, 0.15) is 25.8 Å². The van der Waals surface area contributed by atoms with Gasteiger partial charge in [0.05, 0.1) is 6.61 Å². The molecule has 0 fully saturated rings. The van der Waals surface area contributed by atoms with Crippen molar-refractivity contribution in [2.45, 2.75) is 26.7 Å². The quantitative estimate of drug-likeness (QED) is 0.879. The van der Waals surface area contributed by atoms with Crippen LogP contribution in [0.4, 0.5) is 0 Å². The van der Waals surface area contributed by atoms with Crippen LogP contribution in [0.2, 0.25) is 0 Å². The van der Waals surface area contributed by atoms with Crippen LogP contribution in [0, 0.1) is 0 Å². The lowest BCUT2D eigenvalue weighted by molar-refractivity contribution is 0.337. The molecule has 0 radical (unpaired) electrons. The van der Waals surface area contributed by atoms with Crippen LogP contribution in [-0.4, -0.2) is 11.6 Å². The van der Waals surface area contributed by atoms with E-state index in [1.807, 2.05) is 25.1 Å². The van der Waals surface area contributed by atoms with E-state index in [4.69, 9.17) is 4.74 Å². The third-order valence-corrected chi connectivity index (χ3v) is 2.77. The SMILES string of the molecule is CCCc1cc2c(=O)[nH]ccc2cc1OCC. The van der Waals surface area contributed by atoms with Crippen molar-refractivity contribution >= 4 is 10.8 Å². The second-order valence-corrected chi connectivity index (χ2v) is 4.04. The molecular weight excluding hydrogens is 214 g/mol. The Morgan fingerprint density at radius 2 is 2.12 bits per heavy atom. The van der Waals surface area contributed by atoms with Crippen molar-refractivity contribution in [3.05, 3.63) is 40.3 Å². The summed E-state index contributed by atoms with van der Waals surface area (Å²) in [4.78, 5) is 14.4. The minimum absolute atomic E-state index is 0.0390. The first-order chi connectivity index (χ1) is 8.26. The Morgan fingerprint density at radius 1 is 1.29 bits per heavy atom. The normalized spacial score (nSPS) is 10.7. The molecule has 1 aromatic carbocycles. The molecule has 17 heavy (non-hydrogen) atoms. The molecule has 1 N–H and O–H groups in total. The molecule has 0 amide bonds. The summed E-state index contributed by atoms with van der Waals surface area (Å²) < 4.78 is 5.63. The monoisotopic (exact) mass is 231 g/mol. The van der Waals surface area contributed by atoms with Crippen LogP contribution in [0.25, 0.3) is 10.8 Å². The standard InChI is InChI=1S/C14H17NO2/c1-3-5-11-8-12-10(6-7-15-14(12)16)9-13(11)17-4-2/h6-9H,3-5H2,1-2H3,(H,15,16). The van der Waals surface area contributed by atoms with E-state index in [1.165, 1.54) is 0 Å². The van der Waals surface area contributed by atoms with Gasteiger partial charge in [0.15, 0.2) is 0 Å². The first-order valence-corrected chi connectivity index (χ1v) is 6.03. The maximum atomic E-state index is 11.7. The Balaban J connectivity index is 2.63. The van der Waals surface area contributed by atoms with Crippen molar-refractivity contribution in [3.8, 4) is 5.75 Å². The molecule has 90 valence electrons. The fraction of sp³-hybridized carbons (Fsp3) is 0.357. The van der Waals surface area contributed by atoms with Gasteiger partial charge in [-0.3, -0.25) is 4.79 Å². The van der Waals surface area contributed by atoms with E-state index >= 15 is 0 Å². The van der Waals surface area contributed by atoms with Gasteiger partial charge in [-0.15, -0.1) is 0 Å². The zero-order valence-electron chi connectivity index (χ0n) is 10.2. The van der Waals surface area contributed by atoms with Crippen molar-refractivity contribution < 1.29 is 4.74 Å². The van der Waals surface area contributed by atoms with Gasteiger partial charge in [-0.1, -0.05) is 13.3 Å². The van der Waals surface area contributed by atoms with Crippen LogP contribution in [-0.2, 0) is 6.42 Å². The molecule has 0 aliphatic carbocycles. The van der Waals surface area contributed by atoms with Crippen LogP contribution in [0.15, 0.2) is 29.2 Å². The van der Waals surface area contributed by atoms with Gasteiger partial charge in [-0.2, -0.15) is 0 Å². The van der Waals surface area contributed by atoms with Gasteiger partial charge in [-0.25, -0.2) is 0 Å². The van der Waals surface area contributed by atoms with Gasteiger partial charge in [-0.05, 0) is 42.5 Å². The highest BCUT2D eigenvalue weighted by Crippen LogP contribution is 2.25. The summed E-state index contributed by atoms with van der Waals surface area (Å²) in [5.74, 6) is 0.896. The first kappa shape index (κ1) is 11.7. The fourth-order valence-electron chi connectivity index (χ4n) is 2.01. The third-order valence-electron chi connectivity index (χ3n) is 2.77. The smallest absolute Gasteiger partial charge is 0.255 e. The number of rotatable bonds is 4. The molecule has 1 aromatic heterocycles. The summed E-state index contributed by atoms with van der Waals surface area (Å²) in [6.07, 6.45) is 3.63. The lowest BCUT2D eigenvalue weighted by atomic mass is 10.0. The number of nitrogens with one attached hydrogen (secondary N) is 1. The number of H-pyrrole nitrogens is 1. The molecule has 2 rings (SSSR count). The number of ether oxygens (including phenoxy) is 1. The Kier molecular flexibility index (Phi) is 3.47. The van der Waals surface area contributed by atoms with Crippen molar-refractivity contribution in [3.63, 3.8) is 0 Å². The summed E-state index contributed by atoms with van der Waals surface area (Å²) in [5, 5.41) is 1.66. The number of aromatic nitrogens is 1. The number of hydrogen-bond donors (Lipinski definition) is 1. The molecule has 0 unspecified atom stereocenters. The van der Waals surface area contributed by atoms with E-state index in [0.717, 1.165) is 34.9 Å². The summed E-state index contributed by atoms with van der Waals surface area (Å²) in [5.41, 5.74) is 1.07. The minimum atomic E-state index is -0.0390. The summed E-state index contributed by atoms with van der Waals surface area (Å²) in [7, 11) is 0. The van der Waals surface area contributed by atoms with E-state index < -0.39 is 0 Å². The average Bonchev–Trinajstić information content (AvgIpc) is 2.32. The van der Waals surface area contributed by atoms with Crippen molar-refractivity contribution in [1.82, 2.24) is 4.98 Å². The van der Waals surface area contributed by atoms with Crippen LogP contribution < -0.4 is 10.3 Å². The molecule has 0 bridgehead atoms. The maximum absolute atomic E-state index is 11.7. The molecule has 0 aliphatic rings. The third kappa shape index (κ3) is 2.33. The number of benzene rings is 1. The van der Waals surface area contributed by atoms with Gasteiger partial charge < -0.3 is 9.72 Å². The molecule has 0 saturated heterocycles. The highest BCUT2D eigenvalue weighted by Gasteiger charge is 2.07. The average molecular weight is 231 g/mol. The Bertz CT molecular complexity index is 572. The Labute approximate surface area is 100 Å². The number of fused-ring (bicyclic) bond motifs is 1. The van der Waals surface area contributed by atoms with E-state index in [1.54, 1.807) is 6.20 Å². The molecule has 2 aromatic rings. The molecule has 3 heteroatoms. The number of hydrogen-bond acceptors (Lipinski definition) is 2. The Hall–Kier alpha value is -1.77. The zero-order chi connectivity index (χ0) is 12.3. The largest absolute Gasteiger partial charge is 0.494 e. The van der Waals surface area contributed by atoms with Gasteiger partial charge in [0.2, 0.25) is 0 Å². The Morgan fingerprint density at radius 3 is 2.82 bits per heavy atom. The second kappa shape index (κ2) is 5.04. The number of aryl methyl sites for hydroxylation is 1. The van der Waals surface area contributed by atoms with Crippen molar-refractivity contribution in [1.29, 1.82) is 0 Å². The number of aromatic amines is 1. The zero-order valence-corrected chi connectivity index (χ0v) is 10.2. The minimum Gasteiger partial charge on any atom is -0.494 e. The molecule has 0 spiro atoms. The van der Waals surface area contributed by atoms with Gasteiger partial charge in [0.1, 0.15) is 5.75 Å². The number of pyridine rings is 1. The predicted octanol–water partition coefficient (Wildman–Crippen LogP) is 2.88. The lowest BCUT2D eigenvalue weighted by Gasteiger charge is -2.10. The van der Waals surface area contributed by atoms with Crippen molar-refractivity contribution in [2.75, 3.05) is 6.61 Å². The summed E-state index contributed by atoms with van der Waals surface area (Å²) >= 11 is 0. The topological polar surface area (TPSA) is 42.1 Å². The van der Waals surface area contributed by atoms with E-state index in [-0.39, 0.29) is 5.56 Å². The second-order valence-electron chi connectivity index (χ2n) is 4.04. The van der Waals surface area contributed by atoms with E-state index in [9.17, 15) is 4.79 Å². The highest BCUT2D eigenvalue weighted by atomic mass is 16.5. The van der Waals surface area contributed by atoms with Gasteiger partial charge in [0.25, 0.3) is 5.56 Å². The van der Waals surface area contributed by atoms with Crippen LogP contribution in [0.3, 0.4) is 0 Å². The molecule has 0 aliphatic heterocycles. The van der Waals surface area contributed by atoms with E-state index in [2.05, 4.69) is 11.9 Å². The predicted molar refractivity (Wildman–Crippen MR) is 69.7 cm³/mol. The van der Waals surface area contributed by atoms with Crippen molar-refractivity contribution in [2.24, 2.45) is 0 Å². The molecule has 1 heterocycles. The lowest BCUT2D eigenvalue weighted by Crippen LogP contribution is -2.06. The van der Waals surface area contributed by atoms with Gasteiger partial charge >= 0.3 is 0 Å². The van der Waals surface area contributed by atoms with E-state index in [0.29, 0.717) is 6.61 Å². The van der Waals surface area contributed by atoms with Crippen LogP contribution >= 0.6 is 0 Å². The molecular formula is C14H17NO2. The highest BCUT2D eigenvalue weighted by molar-refractivity contribution is 5.84. The first-order valence-electron chi connectivity index (χ1n) is 6.03. The molecule has 0 atom stereocenters. The molecule has 3 nitrogen and oxygen atoms in total. The van der Waals surface area contributed by atoms with Crippen LogP contribution in [0.5, 0.6) is 5.75 Å².